The number of rotatable bonds is 6. The summed E-state index contributed by atoms with van der Waals surface area (Å²) < 4.78 is 5.91. The summed E-state index contributed by atoms with van der Waals surface area (Å²) in [5.74, 6) is -0.514. The third kappa shape index (κ3) is 5.20. The number of hydrogen-bond acceptors (Lipinski definition) is 6. The molecule has 1 aliphatic rings. The van der Waals surface area contributed by atoms with Crippen molar-refractivity contribution in [2.45, 2.75) is 19.8 Å². The number of carbonyl (C=O) groups excluding carboxylic acids is 2. The van der Waals surface area contributed by atoms with Crippen LogP contribution in [0.5, 0.6) is 0 Å². The second-order valence-electron chi connectivity index (χ2n) is 7.14. The van der Waals surface area contributed by atoms with E-state index in [1.165, 1.54) is 12.1 Å². The Morgan fingerprint density at radius 2 is 1.76 bits per heavy atom. The van der Waals surface area contributed by atoms with E-state index in [0.717, 1.165) is 30.4 Å². The van der Waals surface area contributed by atoms with Crippen molar-refractivity contribution in [1.82, 2.24) is 0 Å². The fourth-order valence-corrected chi connectivity index (χ4v) is 3.51. The number of nitrogens with zero attached hydrogens (tertiary/aromatic N) is 2. The SMILES string of the molecule is CC1CCN(c2ccc(C(=O)OCC(=O)c3ccc(Br)cc3)cc2[N+](=O)[O-])CC1. The summed E-state index contributed by atoms with van der Waals surface area (Å²) in [7, 11) is 0. The molecule has 0 saturated carbocycles. The lowest BCUT2D eigenvalue weighted by Crippen LogP contribution is -2.33. The normalized spacial score (nSPS) is 14.5. The molecular weight excluding hydrogens is 440 g/mol. The van der Waals surface area contributed by atoms with E-state index >= 15 is 0 Å². The monoisotopic (exact) mass is 460 g/mol. The number of anilines is 1. The minimum absolute atomic E-state index is 0.0504. The smallest absolute Gasteiger partial charge is 0.338 e. The molecule has 152 valence electrons. The van der Waals surface area contributed by atoms with Crippen LogP contribution in [0.1, 0.15) is 40.5 Å². The number of nitro benzene ring substituents is 1. The van der Waals surface area contributed by atoms with Crippen molar-refractivity contribution in [3.8, 4) is 0 Å². The molecular formula is C21H21BrN2O5. The molecule has 7 nitrogen and oxygen atoms in total. The van der Waals surface area contributed by atoms with Crippen molar-refractivity contribution in [2.24, 2.45) is 5.92 Å². The van der Waals surface area contributed by atoms with Gasteiger partial charge in [-0.15, -0.1) is 0 Å². The predicted molar refractivity (Wildman–Crippen MR) is 112 cm³/mol. The molecule has 0 radical (unpaired) electrons. The Bertz CT molecular complexity index is 921. The quantitative estimate of drug-likeness (QED) is 0.270. The number of benzene rings is 2. The first-order chi connectivity index (χ1) is 13.8. The second-order valence-corrected chi connectivity index (χ2v) is 8.05. The van der Waals surface area contributed by atoms with E-state index in [1.54, 1.807) is 30.3 Å². The number of carbonyl (C=O) groups is 2. The highest BCUT2D eigenvalue weighted by molar-refractivity contribution is 9.10. The Labute approximate surface area is 176 Å². The Morgan fingerprint density at radius 1 is 1.14 bits per heavy atom. The summed E-state index contributed by atoms with van der Waals surface area (Å²) in [5, 5.41) is 11.6. The van der Waals surface area contributed by atoms with Gasteiger partial charge in [-0.25, -0.2) is 4.79 Å². The van der Waals surface area contributed by atoms with Gasteiger partial charge in [-0.3, -0.25) is 14.9 Å². The maximum absolute atomic E-state index is 12.3. The summed E-state index contributed by atoms with van der Waals surface area (Å²) in [6.45, 7) is 3.22. The van der Waals surface area contributed by atoms with Crippen LogP contribution in [0, 0.1) is 16.0 Å². The van der Waals surface area contributed by atoms with Gasteiger partial charge < -0.3 is 9.64 Å². The molecule has 1 heterocycles. The topological polar surface area (TPSA) is 89.8 Å². The number of piperidine rings is 1. The Morgan fingerprint density at radius 3 is 2.38 bits per heavy atom. The summed E-state index contributed by atoms with van der Waals surface area (Å²) >= 11 is 3.29. The van der Waals surface area contributed by atoms with Crippen LogP contribution in [-0.4, -0.2) is 36.4 Å². The van der Waals surface area contributed by atoms with Crippen molar-refractivity contribution in [1.29, 1.82) is 0 Å². The fraction of sp³-hybridized carbons (Fsp3) is 0.333. The molecule has 0 N–H and O–H groups in total. The third-order valence-corrected chi connectivity index (χ3v) is 5.56. The molecule has 1 aliphatic heterocycles. The van der Waals surface area contributed by atoms with Crippen molar-refractivity contribution in [3.05, 3.63) is 68.2 Å². The molecule has 0 bridgehead atoms. The molecule has 3 rings (SSSR count). The first kappa shape index (κ1) is 21.0. The number of Topliss-reactive ketones (excluding diaryl/α,β-unsaturated/α-hetero) is 1. The van der Waals surface area contributed by atoms with E-state index in [2.05, 4.69) is 22.9 Å². The van der Waals surface area contributed by atoms with Crippen molar-refractivity contribution in [2.75, 3.05) is 24.6 Å². The maximum Gasteiger partial charge on any atom is 0.338 e. The second kappa shape index (κ2) is 9.17. The molecule has 0 spiro atoms. The van der Waals surface area contributed by atoms with Gasteiger partial charge in [0.05, 0.1) is 10.5 Å². The molecule has 0 aliphatic carbocycles. The molecule has 0 aromatic heterocycles. The molecule has 29 heavy (non-hydrogen) atoms. The molecule has 1 fully saturated rings. The van der Waals surface area contributed by atoms with Gasteiger partial charge in [0.1, 0.15) is 5.69 Å². The summed E-state index contributed by atoms with van der Waals surface area (Å²) in [5.41, 5.74) is 0.841. The lowest BCUT2D eigenvalue weighted by Gasteiger charge is -2.31. The molecule has 1 saturated heterocycles. The van der Waals surface area contributed by atoms with Crippen LogP contribution in [0.25, 0.3) is 0 Å². The minimum Gasteiger partial charge on any atom is -0.454 e. The standard InChI is InChI=1S/C21H21BrN2O5/c1-14-8-10-23(11-9-14)18-7-4-16(12-19(18)24(27)28)21(26)29-13-20(25)15-2-5-17(22)6-3-15/h2-7,12,14H,8-11,13H2,1H3. The Balaban J connectivity index is 1.70. The van der Waals surface area contributed by atoms with Crippen LogP contribution < -0.4 is 4.90 Å². The Hall–Kier alpha value is -2.74. The Kier molecular flexibility index (Phi) is 6.64. The first-order valence-corrected chi connectivity index (χ1v) is 10.1. The van der Waals surface area contributed by atoms with E-state index in [4.69, 9.17) is 4.74 Å². The van der Waals surface area contributed by atoms with E-state index < -0.39 is 17.5 Å². The highest BCUT2D eigenvalue weighted by Gasteiger charge is 2.25. The number of ether oxygens (including phenoxy) is 1. The lowest BCUT2D eigenvalue weighted by molar-refractivity contribution is -0.384. The maximum atomic E-state index is 12.3. The van der Waals surface area contributed by atoms with Gasteiger partial charge in [0.15, 0.2) is 12.4 Å². The molecule has 0 amide bonds. The van der Waals surface area contributed by atoms with Gasteiger partial charge in [-0.05, 0) is 43.0 Å². The number of ketones is 1. The predicted octanol–water partition coefficient (Wildman–Crippen LogP) is 4.63. The van der Waals surface area contributed by atoms with Gasteiger partial charge in [-0.2, -0.15) is 0 Å². The van der Waals surface area contributed by atoms with Crippen LogP contribution in [-0.2, 0) is 4.74 Å². The number of nitro groups is 1. The highest BCUT2D eigenvalue weighted by atomic mass is 79.9. The fourth-order valence-electron chi connectivity index (χ4n) is 3.25. The van der Waals surface area contributed by atoms with E-state index in [0.29, 0.717) is 17.2 Å². The molecule has 0 atom stereocenters. The van der Waals surface area contributed by atoms with Crippen LogP contribution >= 0.6 is 15.9 Å². The summed E-state index contributed by atoms with van der Waals surface area (Å²) in [6, 6.07) is 11.0. The molecule has 0 unspecified atom stereocenters. The molecule has 2 aromatic carbocycles. The number of esters is 1. The van der Waals surface area contributed by atoms with Gasteiger partial charge in [0.2, 0.25) is 0 Å². The van der Waals surface area contributed by atoms with Crippen molar-refractivity contribution >= 4 is 39.1 Å². The average molecular weight is 461 g/mol. The zero-order chi connectivity index (χ0) is 21.0. The largest absolute Gasteiger partial charge is 0.454 e. The lowest BCUT2D eigenvalue weighted by atomic mass is 9.98. The van der Waals surface area contributed by atoms with Crippen LogP contribution in [0.4, 0.5) is 11.4 Å². The minimum atomic E-state index is -0.766. The zero-order valence-electron chi connectivity index (χ0n) is 16.0. The summed E-state index contributed by atoms with van der Waals surface area (Å²) in [4.78, 5) is 37.5. The number of halogens is 1. The van der Waals surface area contributed by atoms with Crippen LogP contribution in [0.15, 0.2) is 46.9 Å². The van der Waals surface area contributed by atoms with E-state index in [-0.39, 0.29) is 17.0 Å². The van der Waals surface area contributed by atoms with Gasteiger partial charge in [0, 0.05) is 29.2 Å². The van der Waals surface area contributed by atoms with E-state index in [1.807, 2.05) is 4.90 Å². The van der Waals surface area contributed by atoms with Crippen LogP contribution in [0.2, 0.25) is 0 Å². The van der Waals surface area contributed by atoms with Crippen molar-refractivity contribution < 1.29 is 19.2 Å². The number of hydrogen-bond donors (Lipinski definition) is 0. The average Bonchev–Trinajstić information content (AvgIpc) is 2.72. The van der Waals surface area contributed by atoms with Gasteiger partial charge in [-0.1, -0.05) is 35.0 Å². The molecule has 8 heteroatoms. The van der Waals surface area contributed by atoms with Crippen LogP contribution in [0.3, 0.4) is 0 Å². The van der Waals surface area contributed by atoms with Gasteiger partial charge in [0.25, 0.3) is 5.69 Å². The first-order valence-electron chi connectivity index (χ1n) is 9.34. The highest BCUT2D eigenvalue weighted by Crippen LogP contribution is 2.32. The molecule has 2 aromatic rings. The zero-order valence-corrected chi connectivity index (χ0v) is 17.6. The van der Waals surface area contributed by atoms with E-state index in [9.17, 15) is 19.7 Å². The third-order valence-electron chi connectivity index (χ3n) is 5.03. The van der Waals surface area contributed by atoms with Crippen molar-refractivity contribution in [3.63, 3.8) is 0 Å². The summed E-state index contributed by atoms with van der Waals surface area (Å²) in [6.07, 6.45) is 1.94. The van der Waals surface area contributed by atoms with Gasteiger partial charge >= 0.3 is 5.97 Å².